The van der Waals surface area contributed by atoms with Gasteiger partial charge in [0.05, 0.1) is 18.6 Å². The molecule has 0 aromatic heterocycles. The number of nitrogens with zero attached hydrogens (tertiary/aromatic N) is 1. The summed E-state index contributed by atoms with van der Waals surface area (Å²) >= 11 is 0. The standard InChI is InChI=1S/C12H17NO4S/c1-4-18(15,16)13(9-12(14)17-3)11-8-6-5-7-10(11)2/h5-8H,4,9H2,1-3H3. The van der Waals surface area contributed by atoms with E-state index in [2.05, 4.69) is 4.74 Å². The van der Waals surface area contributed by atoms with Gasteiger partial charge in [-0.2, -0.15) is 0 Å². The number of rotatable bonds is 5. The molecule has 100 valence electrons. The minimum Gasteiger partial charge on any atom is -0.468 e. The first-order chi connectivity index (χ1) is 8.42. The minimum absolute atomic E-state index is 0.0711. The Morgan fingerprint density at radius 1 is 1.33 bits per heavy atom. The normalized spacial score (nSPS) is 11.1. The molecule has 1 aromatic carbocycles. The van der Waals surface area contributed by atoms with Gasteiger partial charge in [0.2, 0.25) is 10.0 Å². The fraction of sp³-hybridized carbons (Fsp3) is 0.417. The van der Waals surface area contributed by atoms with E-state index in [1.54, 1.807) is 25.1 Å². The summed E-state index contributed by atoms with van der Waals surface area (Å²) in [4.78, 5) is 11.3. The Kier molecular flexibility index (Phi) is 4.72. The van der Waals surface area contributed by atoms with Crippen LogP contribution in [0.15, 0.2) is 24.3 Å². The number of hydrogen-bond donors (Lipinski definition) is 0. The average molecular weight is 271 g/mol. The van der Waals surface area contributed by atoms with Gasteiger partial charge in [0.15, 0.2) is 0 Å². The molecule has 0 aliphatic carbocycles. The first-order valence-electron chi connectivity index (χ1n) is 5.55. The molecule has 0 fully saturated rings. The maximum Gasteiger partial charge on any atom is 0.326 e. The SMILES string of the molecule is CCS(=O)(=O)N(CC(=O)OC)c1ccccc1C. The first kappa shape index (κ1) is 14.5. The number of carbonyl (C=O) groups is 1. The number of sulfonamides is 1. The topological polar surface area (TPSA) is 63.7 Å². The number of ether oxygens (including phenoxy) is 1. The van der Waals surface area contributed by atoms with E-state index in [0.717, 1.165) is 9.87 Å². The molecule has 1 rings (SSSR count). The molecule has 0 unspecified atom stereocenters. The van der Waals surface area contributed by atoms with Gasteiger partial charge in [-0.05, 0) is 25.5 Å². The number of anilines is 1. The van der Waals surface area contributed by atoms with Crippen molar-refractivity contribution in [3.8, 4) is 0 Å². The van der Waals surface area contributed by atoms with E-state index in [-0.39, 0.29) is 12.3 Å². The summed E-state index contributed by atoms with van der Waals surface area (Å²) < 4.78 is 29.7. The monoisotopic (exact) mass is 271 g/mol. The van der Waals surface area contributed by atoms with Crippen LogP contribution in [0.2, 0.25) is 0 Å². The van der Waals surface area contributed by atoms with Gasteiger partial charge in [-0.15, -0.1) is 0 Å². The van der Waals surface area contributed by atoms with Crippen molar-refractivity contribution in [2.75, 3.05) is 23.7 Å². The summed E-state index contributed by atoms with van der Waals surface area (Å²) in [6.45, 7) is 3.03. The van der Waals surface area contributed by atoms with E-state index >= 15 is 0 Å². The predicted molar refractivity (Wildman–Crippen MR) is 70.0 cm³/mol. The smallest absolute Gasteiger partial charge is 0.326 e. The van der Waals surface area contributed by atoms with Gasteiger partial charge < -0.3 is 4.74 Å². The van der Waals surface area contributed by atoms with E-state index in [4.69, 9.17) is 0 Å². The lowest BCUT2D eigenvalue weighted by Crippen LogP contribution is -2.37. The van der Waals surface area contributed by atoms with Crippen molar-refractivity contribution in [3.05, 3.63) is 29.8 Å². The molecule has 0 spiro atoms. The van der Waals surface area contributed by atoms with Crippen molar-refractivity contribution in [3.63, 3.8) is 0 Å². The Morgan fingerprint density at radius 3 is 2.44 bits per heavy atom. The van der Waals surface area contributed by atoms with Crippen molar-refractivity contribution in [1.29, 1.82) is 0 Å². The van der Waals surface area contributed by atoms with Crippen LogP contribution in [0, 0.1) is 6.92 Å². The van der Waals surface area contributed by atoms with Crippen molar-refractivity contribution in [2.24, 2.45) is 0 Å². The molecule has 0 N–H and O–H groups in total. The zero-order chi connectivity index (χ0) is 13.8. The number of carbonyl (C=O) groups excluding carboxylic acids is 1. The molecule has 0 amide bonds. The van der Waals surface area contributed by atoms with E-state index in [9.17, 15) is 13.2 Å². The Labute approximate surface area is 107 Å². The van der Waals surface area contributed by atoms with Crippen LogP contribution in [-0.2, 0) is 19.6 Å². The fourth-order valence-electron chi connectivity index (χ4n) is 1.51. The van der Waals surface area contributed by atoms with Gasteiger partial charge in [-0.3, -0.25) is 9.10 Å². The molecule has 6 heteroatoms. The third-order valence-electron chi connectivity index (χ3n) is 2.59. The van der Waals surface area contributed by atoms with Crippen LogP contribution in [0.4, 0.5) is 5.69 Å². The van der Waals surface area contributed by atoms with Gasteiger partial charge in [0, 0.05) is 0 Å². The number of esters is 1. The van der Waals surface area contributed by atoms with Crippen molar-refractivity contribution in [2.45, 2.75) is 13.8 Å². The number of methoxy groups -OCH3 is 1. The van der Waals surface area contributed by atoms with E-state index in [0.29, 0.717) is 5.69 Å². The third kappa shape index (κ3) is 3.22. The maximum atomic E-state index is 12.0. The molecule has 0 aliphatic heterocycles. The second-order valence-electron chi connectivity index (χ2n) is 3.77. The lowest BCUT2D eigenvalue weighted by molar-refractivity contribution is -0.138. The van der Waals surface area contributed by atoms with Gasteiger partial charge in [0.1, 0.15) is 6.54 Å². The number of hydrogen-bond acceptors (Lipinski definition) is 4. The summed E-state index contributed by atoms with van der Waals surface area (Å²) in [6.07, 6.45) is 0. The summed E-state index contributed by atoms with van der Waals surface area (Å²) in [5.41, 5.74) is 1.29. The average Bonchev–Trinajstić information content (AvgIpc) is 2.36. The second kappa shape index (κ2) is 5.86. The molecule has 0 aliphatic rings. The lowest BCUT2D eigenvalue weighted by atomic mass is 10.2. The highest BCUT2D eigenvalue weighted by Crippen LogP contribution is 2.22. The van der Waals surface area contributed by atoms with Crippen molar-refractivity contribution in [1.82, 2.24) is 0 Å². The van der Waals surface area contributed by atoms with Crippen LogP contribution in [-0.4, -0.2) is 33.8 Å². The lowest BCUT2D eigenvalue weighted by Gasteiger charge is -2.24. The molecule has 0 bridgehead atoms. The molecule has 0 heterocycles. The van der Waals surface area contributed by atoms with Gasteiger partial charge in [-0.1, -0.05) is 18.2 Å². The Bertz CT molecular complexity index is 525. The molecule has 0 atom stereocenters. The molecule has 0 saturated carbocycles. The van der Waals surface area contributed by atoms with Crippen LogP contribution in [0.1, 0.15) is 12.5 Å². The Morgan fingerprint density at radius 2 is 1.94 bits per heavy atom. The zero-order valence-corrected chi connectivity index (χ0v) is 11.5. The summed E-state index contributed by atoms with van der Waals surface area (Å²) in [6, 6.07) is 7.02. The summed E-state index contributed by atoms with van der Waals surface area (Å²) in [5.74, 6) is -0.659. The molecule has 18 heavy (non-hydrogen) atoms. The summed E-state index contributed by atoms with van der Waals surface area (Å²) in [5, 5.41) is 0. The van der Waals surface area contributed by atoms with Gasteiger partial charge in [0.25, 0.3) is 0 Å². The number of aryl methyl sites for hydroxylation is 1. The van der Waals surface area contributed by atoms with E-state index in [1.165, 1.54) is 14.0 Å². The maximum absolute atomic E-state index is 12.0. The summed E-state index contributed by atoms with van der Waals surface area (Å²) in [7, 11) is -2.28. The van der Waals surface area contributed by atoms with Crippen LogP contribution in [0.5, 0.6) is 0 Å². The predicted octanol–water partition coefficient (Wildman–Crippen LogP) is 1.32. The second-order valence-corrected chi connectivity index (χ2v) is 5.95. The quantitative estimate of drug-likeness (QED) is 0.758. The third-order valence-corrected chi connectivity index (χ3v) is 4.31. The highest BCUT2D eigenvalue weighted by Gasteiger charge is 2.24. The van der Waals surface area contributed by atoms with Gasteiger partial charge >= 0.3 is 5.97 Å². The van der Waals surface area contributed by atoms with Crippen molar-refractivity contribution >= 4 is 21.7 Å². The fourth-order valence-corrected chi connectivity index (χ4v) is 2.63. The number of benzene rings is 1. The Hall–Kier alpha value is -1.56. The molecule has 1 aromatic rings. The molecular formula is C12H17NO4S. The van der Waals surface area contributed by atoms with Crippen LogP contribution in [0.3, 0.4) is 0 Å². The molecule has 0 saturated heterocycles. The van der Waals surface area contributed by atoms with Crippen molar-refractivity contribution < 1.29 is 17.9 Å². The highest BCUT2D eigenvalue weighted by atomic mass is 32.2. The largest absolute Gasteiger partial charge is 0.468 e. The van der Waals surface area contributed by atoms with E-state index in [1.807, 2.05) is 6.07 Å². The molecule has 5 nitrogen and oxygen atoms in total. The number of para-hydroxylation sites is 1. The molecule has 0 radical (unpaired) electrons. The minimum atomic E-state index is -3.51. The first-order valence-corrected chi connectivity index (χ1v) is 7.16. The van der Waals surface area contributed by atoms with E-state index < -0.39 is 16.0 Å². The van der Waals surface area contributed by atoms with Crippen LogP contribution < -0.4 is 4.31 Å². The van der Waals surface area contributed by atoms with Gasteiger partial charge in [-0.25, -0.2) is 8.42 Å². The van der Waals surface area contributed by atoms with Crippen LogP contribution >= 0.6 is 0 Å². The molecular weight excluding hydrogens is 254 g/mol. The van der Waals surface area contributed by atoms with Crippen LogP contribution in [0.25, 0.3) is 0 Å². The highest BCUT2D eigenvalue weighted by molar-refractivity contribution is 7.92. The Balaban J connectivity index is 3.22. The zero-order valence-electron chi connectivity index (χ0n) is 10.7.